The van der Waals surface area contributed by atoms with Crippen LogP contribution in [0.25, 0.3) is 11.1 Å². The molecule has 126 valence electrons. The van der Waals surface area contributed by atoms with Crippen molar-refractivity contribution in [3.8, 4) is 11.1 Å². The Morgan fingerprint density at radius 1 is 0.917 bits per heavy atom. The van der Waals surface area contributed by atoms with Crippen molar-refractivity contribution >= 4 is 11.9 Å². The normalized spacial score (nSPS) is 11.0. The summed E-state index contributed by atoms with van der Waals surface area (Å²) in [5.74, 6) is -0.705. The number of methoxy groups -OCH3 is 1. The number of benzene rings is 2. The lowest BCUT2D eigenvalue weighted by Gasteiger charge is -2.20. The zero-order valence-corrected chi connectivity index (χ0v) is 14.5. The van der Waals surface area contributed by atoms with E-state index in [-0.39, 0.29) is 12.4 Å². The number of hydrogen-bond donors (Lipinski definition) is 0. The molecule has 0 radical (unpaired) electrons. The fourth-order valence-corrected chi connectivity index (χ4v) is 2.48. The van der Waals surface area contributed by atoms with Gasteiger partial charge >= 0.3 is 11.9 Å². The molecule has 0 saturated heterocycles. The van der Waals surface area contributed by atoms with Gasteiger partial charge in [0, 0.05) is 0 Å². The maximum atomic E-state index is 12.2. The van der Waals surface area contributed by atoms with Crippen LogP contribution < -0.4 is 0 Å². The lowest BCUT2D eigenvalue weighted by atomic mass is 9.94. The van der Waals surface area contributed by atoms with Crippen molar-refractivity contribution in [3.63, 3.8) is 0 Å². The molecule has 0 N–H and O–H groups in total. The summed E-state index contributed by atoms with van der Waals surface area (Å²) in [7, 11) is 1.35. The Balaban J connectivity index is 2.40. The van der Waals surface area contributed by atoms with E-state index >= 15 is 0 Å². The van der Waals surface area contributed by atoms with Gasteiger partial charge in [0.05, 0.1) is 19.1 Å². The molecule has 0 fully saturated rings. The molecule has 2 aromatic rings. The van der Waals surface area contributed by atoms with Gasteiger partial charge < -0.3 is 9.47 Å². The molecule has 0 aliphatic carbocycles. The van der Waals surface area contributed by atoms with Crippen LogP contribution in [0.15, 0.2) is 48.5 Å². The first kappa shape index (κ1) is 17.7. The van der Waals surface area contributed by atoms with Crippen LogP contribution in [0.2, 0.25) is 0 Å². The average molecular weight is 326 g/mol. The third kappa shape index (κ3) is 4.44. The van der Waals surface area contributed by atoms with E-state index < -0.39 is 11.6 Å². The molecular formula is C20H22O4. The highest BCUT2D eigenvalue weighted by atomic mass is 16.6. The summed E-state index contributed by atoms with van der Waals surface area (Å²) in [4.78, 5) is 24.2. The summed E-state index contributed by atoms with van der Waals surface area (Å²) in [6, 6.07) is 14.7. The van der Waals surface area contributed by atoms with Crippen LogP contribution in [0, 0.1) is 0 Å². The van der Waals surface area contributed by atoms with Crippen LogP contribution in [0.4, 0.5) is 0 Å². The summed E-state index contributed by atoms with van der Waals surface area (Å²) < 4.78 is 10.3. The van der Waals surface area contributed by atoms with Gasteiger partial charge in [-0.1, -0.05) is 42.5 Å². The van der Waals surface area contributed by atoms with Gasteiger partial charge in [-0.3, -0.25) is 4.79 Å². The summed E-state index contributed by atoms with van der Waals surface area (Å²) >= 11 is 0. The molecule has 0 bridgehead atoms. The van der Waals surface area contributed by atoms with Gasteiger partial charge in [0.1, 0.15) is 5.60 Å². The molecule has 0 unspecified atom stereocenters. The molecule has 0 heterocycles. The molecule has 0 saturated carbocycles. The highest BCUT2D eigenvalue weighted by Gasteiger charge is 2.19. The summed E-state index contributed by atoms with van der Waals surface area (Å²) in [5, 5.41) is 0. The van der Waals surface area contributed by atoms with E-state index in [0.29, 0.717) is 5.56 Å². The van der Waals surface area contributed by atoms with Gasteiger partial charge in [0.15, 0.2) is 0 Å². The first-order chi connectivity index (χ1) is 11.3. The summed E-state index contributed by atoms with van der Waals surface area (Å²) in [5.41, 5.74) is 2.31. The van der Waals surface area contributed by atoms with E-state index in [2.05, 4.69) is 0 Å². The van der Waals surface area contributed by atoms with Crippen molar-refractivity contribution < 1.29 is 19.1 Å². The second-order valence-corrected chi connectivity index (χ2v) is 6.46. The predicted octanol–water partition coefficient (Wildman–Crippen LogP) is 4.02. The summed E-state index contributed by atoms with van der Waals surface area (Å²) in [6.45, 7) is 5.51. The third-order valence-corrected chi connectivity index (χ3v) is 3.39. The smallest absolute Gasteiger partial charge is 0.338 e. The maximum absolute atomic E-state index is 12.2. The van der Waals surface area contributed by atoms with Gasteiger partial charge in [-0.25, -0.2) is 4.79 Å². The molecule has 0 aliphatic heterocycles. The lowest BCUT2D eigenvalue weighted by Crippen LogP contribution is -2.25. The van der Waals surface area contributed by atoms with Gasteiger partial charge in [0.25, 0.3) is 0 Å². The van der Waals surface area contributed by atoms with Gasteiger partial charge in [-0.05, 0) is 43.5 Å². The highest BCUT2D eigenvalue weighted by Crippen LogP contribution is 2.28. The minimum atomic E-state index is -0.532. The first-order valence-electron chi connectivity index (χ1n) is 7.79. The minimum absolute atomic E-state index is 0.142. The van der Waals surface area contributed by atoms with E-state index in [1.807, 2.05) is 57.2 Å². The second kappa shape index (κ2) is 7.30. The maximum Gasteiger partial charge on any atom is 0.338 e. The number of carbonyl (C=O) groups excluding carboxylic acids is 2. The molecule has 4 heteroatoms. The molecule has 0 spiro atoms. The number of hydrogen-bond acceptors (Lipinski definition) is 4. The fraction of sp³-hybridized carbons (Fsp3) is 0.300. The molecule has 2 aromatic carbocycles. The first-order valence-corrected chi connectivity index (χ1v) is 7.79. The SMILES string of the molecule is COC(=O)c1ccccc1-c1ccccc1CC(=O)OC(C)(C)C. The molecule has 0 amide bonds. The molecule has 2 rings (SSSR count). The average Bonchev–Trinajstić information content (AvgIpc) is 2.53. The molecule has 0 atom stereocenters. The van der Waals surface area contributed by atoms with Crippen LogP contribution >= 0.6 is 0 Å². The van der Waals surface area contributed by atoms with Crippen LogP contribution in [0.5, 0.6) is 0 Å². The Labute approximate surface area is 142 Å². The van der Waals surface area contributed by atoms with Crippen LogP contribution in [-0.4, -0.2) is 24.6 Å². The van der Waals surface area contributed by atoms with Gasteiger partial charge in [-0.2, -0.15) is 0 Å². The monoisotopic (exact) mass is 326 g/mol. The minimum Gasteiger partial charge on any atom is -0.465 e. The van der Waals surface area contributed by atoms with E-state index in [1.165, 1.54) is 7.11 Å². The molecule has 24 heavy (non-hydrogen) atoms. The summed E-state index contributed by atoms with van der Waals surface area (Å²) in [6.07, 6.45) is 0.142. The standard InChI is InChI=1S/C20H22O4/c1-20(2,3)24-18(21)13-14-9-5-6-10-15(14)16-11-7-8-12-17(16)19(22)23-4/h5-12H,13H2,1-4H3. The number of ether oxygens (including phenoxy) is 2. The van der Waals surface area contributed by atoms with Crippen LogP contribution in [0.1, 0.15) is 36.7 Å². The number of carbonyl (C=O) groups is 2. The van der Waals surface area contributed by atoms with Crippen molar-refractivity contribution in [3.05, 3.63) is 59.7 Å². The number of rotatable bonds is 4. The van der Waals surface area contributed by atoms with Crippen molar-refractivity contribution in [1.29, 1.82) is 0 Å². The Kier molecular flexibility index (Phi) is 5.39. The lowest BCUT2D eigenvalue weighted by molar-refractivity contribution is -0.153. The van der Waals surface area contributed by atoms with Crippen molar-refractivity contribution in [2.75, 3.05) is 7.11 Å². The van der Waals surface area contributed by atoms with E-state index in [0.717, 1.165) is 16.7 Å². The van der Waals surface area contributed by atoms with Crippen LogP contribution in [0.3, 0.4) is 0 Å². The fourth-order valence-electron chi connectivity index (χ4n) is 2.48. The zero-order chi connectivity index (χ0) is 17.7. The quantitative estimate of drug-likeness (QED) is 0.796. The van der Waals surface area contributed by atoms with E-state index in [1.54, 1.807) is 12.1 Å². The molecule has 0 aromatic heterocycles. The van der Waals surface area contributed by atoms with E-state index in [9.17, 15) is 9.59 Å². The number of esters is 2. The predicted molar refractivity (Wildman–Crippen MR) is 92.8 cm³/mol. The largest absolute Gasteiger partial charge is 0.465 e. The molecular weight excluding hydrogens is 304 g/mol. The van der Waals surface area contributed by atoms with Gasteiger partial charge in [0.2, 0.25) is 0 Å². The van der Waals surface area contributed by atoms with Gasteiger partial charge in [-0.15, -0.1) is 0 Å². The molecule has 0 aliphatic rings. The second-order valence-electron chi connectivity index (χ2n) is 6.46. The van der Waals surface area contributed by atoms with E-state index in [4.69, 9.17) is 9.47 Å². The van der Waals surface area contributed by atoms with Crippen LogP contribution in [-0.2, 0) is 20.7 Å². The Morgan fingerprint density at radius 3 is 2.12 bits per heavy atom. The van der Waals surface area contributed by atoms with Crippen molar-refractivity contribution in [2.24, 2.45) is 0 Å². The Bertz CT molecular complexity index is 741. The molecule has 4 nitrogen and oxygen atoms in total. The third-order valence-electron chi connectivity index (χ3n) is 3.39. The van der Waals surface area contributed by atoms with Crippen molar-refractivity contribution in [2.45, 2.75) is 32.8 Å². The Morgan fingerprint density at radius 2 is 1.50 bits per heavy atom. The topological polar surface area (TPSA) is 52.6 Å². The Hall–Kier alpha value is -2.62. The van der Waals surface area contributed by atoms with Crippen molar-refractivity contribution in [1.82, 2.24) is 0 Å². The highest BCUT2D eigenvalue weighted by molar-refractivity contribution is 5.98. The zero-order valence-electron chi connectivity index (χ0n) is 14.5.